The number of hydrogen-bond acceptors (Lipinski definition) is 5. The molecule has 0 bridgehead atoms. The lowest BCUT2D eigenvalue weighted by Gasteiger charge is -2.18. The van der Waals surface area contributed by atoms with E-state index in [0.717, 1.165) is 35.6 Å². The van der Waals surface area contributed by atoms with E-state index in [0.29, 0.717) is 29.6 Å². The molecule has 0 unspecified atom stereocenters. The molecule has 0 saturated carbocycles. The second-order valence-corrected chi connectivity index (χ2v) is 9.14. The smallest absolute Gasteiger partial charge is 0.275 e. The quantitative estimate of drug-likeness (QED) is 0.407. The van der Waals surface area contributed by atoms with Crippen molar-refractivity contribution in [2.24, 2.45) is 0 Å². The predicted octanol–water partition coefficient (Wildman–Crippen LogP) is 4.18. The number of thiazole rings is 1. The number of benzene rings is 1. The summed E-state index contributed by atoms with van der Waals surface area (Å²) in [5.74, 6) is -0.207. The first-order valence-electron chi connectivity index (χ1n) is 10.6. The minimum Gasteiger partial charge on any atom is -0.334 e. The van der Waals surface area contributed by atoms with E-state index < -0.39 is 0 Å². The summed E-state index contributed by atoms with van der Waals surface area (Å²) < 4.78 is 3.50. The third-order valence-corrected chi connectivity index (χ3v) is 6.42. The van der Waals surface area contributed by atoms with Gasteiger partial charge in [0.25, 0.3) is 11.5 Å². The Morgan fingerprint density at radius 1 is 1.16 bits per heavy atom. The molecular formula is C23H27N5O2S. The molecule has 31 heavy (non-hydrogen) atoms. The first kappa shape index (κ1) is 21.2. The topological polar surface area (TPSA) is 72.5 Å². The second kappa shape index (κ2) is 8.63. The highest BCUT2D eigenvalue weighted by Gasteiger charge is 2.22. The maximum atomic E-state index is 13.5. The van der Waals surface area contributed by atoms with Crippen LogP contribution in [0.3, 0.4) is 0 Å². The first-order valence-corrected chi connectivity index (χ1v) is 11.4. The number of imidazole rings is 1. The lowest BCUT2D eigenvalue weighted by Crippen LogP contribution is -2.32. The molecule has 7 nitrogen and oxygen atoms in total. The van der Waals surface area contributed by atoms with Gasteiger partial charge in [-0.1, -0.05) is 38.0 Å². The fourth-order valence-electron chi connectivity index (χ4n) is 3.83. The van der Waals surface area contributed by atoms with Crippen molar-refractivity contribution in [1.82, 2.24) is 24.1 Å². The number of hydrogen-bond donors (Lipinski definition) is 0. The van der Waals surface area contributed by atoms with E-state index in [1.165, 1.54) is 9.56 Å². The van der Waals surface area contributed by atoms with Crippen molar-refractivity contribution < 1.29 is 4.79 Å². The summed E-state index contributed by atoms with van der Waals surface area (Å²) >= 11 is 1.63. The molecule has 3 heterocycles. The predicted molar refractivity (Wildman–Crippen MR) is 124 cm³/mol. The van der Waals surface area contributed by atoms with Crippen molar-refractivity contribution in [3.8, 4) is 0 Å². The molecule has 0 saturated heterocycles. The van der Waals surface area contributed by atoms with E-state index in [1.807, 2.05) is 26.0 Å². The van der Waals surface area contributed by atoms with Gasteiger partial charge in [0.15, 0.2) is 10.7 Å². The molecule has 0 aliphatic rings. The number of unbranched alkanes of at least 4 members (excludes halogenated alkanes) is 2. The molecule has 1 amide bonds. The molecule has 0 atom stereocenters. The van der Waals surface area contributed by atoms with Crippen LogP contribution in [0.15, 0.2) is 35.3 Å². The molecule has 0 spiro atoms. The van der Waals surface area contributed by atoms with Gasteiger partial charge in [0, 0.05) is 30.1 Å². The number of fused-ring (bicyclic) bond motifs is 2. The maximum absolute atomic E-state index is 13.5. The van der Waals surface area contributed by atoms with Crippen molar-refractivity contribution in [2.45, 2.75) is 53.1 Å². The average molecular weight is 438 g/mol. The number of aromatic nitrogens is 4. The van der Waals surface area contributed by atoms with Gasteiger partial charge in [0.1, 0.15) is 0 Å². The Kier molecular flexibility index (Phi) is 5.91. The summed E-state index contributed by atoms with van der Waals surface area (Å²) in [6.45, 7) is 7.05. The maximum Gasteiger partial charge on any atom is 0.275 e. The second-order valence-electron chi connectivity index (χ2n) is 7.93. The summed E-state index contributed by atoms with van der Waals surface area (Å²) in [6, 6.07) is 7.22. The molecule has 0 N–H and O–H groups in total. The van der Waals surface area contributed by atoms with E-state index in [4.69, 9.17) is 0 Å². The van der Waals surface area contributed by atoms with Crippen LogP contribution in [-0.2, 0) is 13.1 Å². The van der Waals surface area contributed by atoms with E-state index >= 15 is 0 Å². The third kappa shape index (κ3) is 3.99. The van der Waals surface area contributed by atoms with E-state index in [1.54, 1.807) is 35.4 Å². The standard InChI is InChI=1S/C23H27N5O2S/c1-5-6-9-12-28-21(29)18-11-8-7-10-17(18)20(25-28)22(30)26(4)14-19-16(3)24-23-27(19)13-15(2)31-23/h7-8,10-11,13H,5-6,9,12,14H2,1-4H3. The number of amides is 1. The number of carbonyl (C=O) groups excluding carboxylic acids is 1. The Hall–Kier alpha value is -3.00. The van der Waals surface area contributed by atoms with Gasteiger partial charge in [-0.15, -0.1) is 11.3 Å². The largest absolute Gasteiger partial charge is 0.334 e. The summed E-state index contributed by atoms with van der Waals surface area (Å²) in [7, 11) is 1.77. The van der Waals surface area contributed by atoms with E-state index in [-0.39, 0.29) is 11.5 Å². The molecule has 3 aromatic heterocycles. The van der Waals surface area contributed by atoms with Gasteiger partial charge in [0.05, 0.1) is 23.3 Å². The SMILES string of the molecule is CCCCCn1nc(C(=O)N(C)Cc2c(C)nc3sc(C)cn23)c2ccccc2c1=O. The van der Waals surface area contributed by atoms with Crippen molar-refractivity contribution in [1.29, 1.82) is 0 Å². The van der Waals surface area contributed by atoms with Gasteiger partial charge < -0.3 is 4.90 Å². The number of carbonyl (C=O) groups is 1. The van der Waals surface area contributed by atoms with Crippen LogP contribution in [0.5, 0.6) is 0 Å². The summed E-state index contributed by atoms with van der Waals surface area (Å²) in [4.78, 5) is 34.7. The van der Waals surface area contributed by atoms with Gasteiger partial charge in [-0.05, 0) is 26.3 Å². The lowest BCUT2D eigenvalue weighted by atomic mass is 10.1. The fourth-order valence-corrected chi connectivity index (χ4v) is 4.72. The normalized spacial score (nSPS) is 11.5. The number of aryl methyl sites for hydroxylation is 3. The fraction of sp³-hybridized carbons (Fsp3) is 0.391. The molecule has 162 valence electrons. The Morgan fingerprint density at radius 3 is 2.65 bits per heavy atom. The minimum absolute atomic E-state index is 0.145. The van der Waals surface area contributed by atoms with Crippen molar-refractivity contribution in [2.75, 3.05) is 7.05 Å². The van der Waals surface area contributed by atoms with Gasteiger partial charge in [0.2, 0.25) is 0 Å². The highest BCUT2D eigenvalue weighted by molar-refractivity contribution is 7.17. The van der Waals surface area contributed by atoms with Crippen LogP contribution in [0.1, 0.15) is 52.9 Å². The number of rotatable bonds is 7. The highest BCUT2D eigenvalue weighted by atomic mass is 32.1. The van der Waals surface area contributed by atoms with Gasteiger partial charge >= 0.3 is 0 Å². The van der Waals surface area contributed by atoms with E-state index in [9.17, 15) is 9.59 Å². The zero-order chi connectivity index (χ0) is 22.1. The molecule has 0 aliphatic heterocycles. The van der Waals surface area contributed by atoms with Crippen LogP contribution in [0.4, 0.5) is 0 Å². The average Bonchev–Trinajstić information content (AvgIpc) is 3.25. The van der Waals surface area contributed by atoms with Crippen LogP contribution < -0.4 is 5.56 Å². The van der Waals surface area contributed by atoms with Crippen molar-refractivity contribution in [3.05, 3.63) is 62.8 Å². The van der Waals surface area contributed by atoms with Crippen LogP contribution in [0, 0.1) is 13.8 Å². The molecule has 8 heteroatoms. The molecule has 4 rings (SSSR count). The van der Waals surface area contributed by atoms with Crippen molar-refractivity contribution in [3.63, 3.8) is 0 Å². The highest BCUT2D eigenvalue weighted by Crippen LogP contribution is 2.22. The molecule has 0 aliphatic carbocycles. The molecule has 1 aromatic carbocycles. The molecule has 4 aromatic rings. The Bertz CT molecular complexity index is 1320. The number of nitrogens with zero attached hydrogens (tertiary/aromatic N) is 5. The third-order valence-electron chi connectivity index (χ3n) is 5.52. The molecule has 0 fully saturated rings. The Balaban J connectivity index is 1.71. The zero-order valence-corrected chi connectivity index (χ0v) is 19.2. The first-order chi connectivity index (χ1) is 14.9. The summed E-state index contributed by atoms with van der Waals surface area (Å²) in [5.41, 5.74) is 2.06. The van der Waals surface area contributed by atoms with Crippen LogP contribution >= 0.6 is 11.3 Å². The van der Waals surface area contributed by atoms with Crippen LogP contribution in [-0.4, -0.2) is 37.0 Å². The summed E-state index contributed by atoms with van der Waals surface area (Å²) in [5, 5.41) is 5.63. The van der Waals surface area contributed by atoms with Gasteiger partial charge in [-0.2, -0.15) is 5.10 Å². The van der Waals surface area contributed by atoms with Crippen LogP contribution in [0.25, 0.3) is 15.7 Å². The van der Waals surface area contributed by atoms with E-state index in [2.05, 4.69) is 27.6 Å². The Labute approximate surface area is 184 Å². The zero-order valence-electron chi connectivity index (χ0n) is 18.4. The molecule has 0 radical (unpaired) electrons. The van der Waals surface area contributed by atoms with Crippen molar-refractivity contribution >= 4 is 33.0 Å². The van der Waals surface area contributed by atoms with Crippen LogP contribution in [0.2, 0.25) is 0 Å². The van der Waals surface area contributed by atoms with Gasteiger partial charge in [-0.3, -0.25) is 14.0 Å². The monoisotopic (exact) mass is 437 g/mol. The molecular weight excluding hydrogens is 410 g/mol. The Morgan fingerprint density at radius 2 is 1.90 bits per heavy atom. The van der Waals surface area contributed by atoms with Gasteiger partial charge in [-0.25, -0.2) is 9.67 Å². The summed E-state index contributed by atoms with van der Waals surface area (Å²) in [6.07, 6.45) is 4.98. The minimum atomic E-state index is -0.207. The lowest BCUT2D eigenvalue weighted by molar-refractivity contribution is 0.0776.